The first kappa shape index (κ1) is 24.2. The Bertz CT molecular complexity index is 1130. The zero-order valence-electron chi connectivity index (χ0n) is 19.3. The number of aryl methyl sites for hydroxylation is 2. The number of fused-ring (bicyclic) bond motifs is 1. The van der Waals surface area contributed by atoms with Crippen LogP contribution in [0.1, 0.15) is 59.3 Å². The Balaban J connectivity index is 1.55. The van der Waals surface area contributed by atoms with Crippen LogP contribution in [-0.4, -0.2) is 56.8 Å². The number of amides is 1. The highest BCUT2D eigenvalue weighted by molar-refractivity contribution is 7.89. The Labute approximate surface area is 202 Å². The molecule has 0 saturated carbocycles. The quantitative estimate of drug-likeness (QED) is 0.665. The predicted molar refractivity (Wildman–Crippen MR) is 131 cm³/mol. The van der Waals surface area contributed by atoms with Gasteiger partial charge in [0.1, 0.15) is 4.90 Å². The van der Waals surface area contributed by atoms with Crippen LogP contribution in [0, 0.1) is 0 Å². The number of hydrogen-bond donors (Lipinski definition) is 1. The Morgan fingerprint density at radius 2 is 1.73 bits per heavy atom. The molecule has 1 saturated heterocycles. The SMILES string of the molecule is CC[C@H](NC(=O)c1ccc(Cl)c(S(=O)(=O)N2CCN(C)CC2)c1)c1ccc2c(c1)CCCC2. The summed E-state index contributed by atoms with van der Waals surface area (Å²) in [7, 11) is -1.81. The lowest BCUT2D eigenvalue weighted by atomic mass is 9.88. The molecule has 1 heterocycles. The first-order valence-electron chi connectivity index (χ1n) is 11.7. The summed E-state index contributed by atoms with van der Waals surface area (Å²) in [6, 6.07) is 10.8. The summed E-state index contributed by atoms with van der Waals surface area (Å²) < 4.78 is 27.9. The van der Waals surface area contributed by atoms with Crippen molar-refractivity contribution in [1.29, 1.82) is 0 Å². The van der Waals surface area contributed by atoms with Crippen LogP contribution < -0.4 is 5.32 Å². The normalized spacial score (nSPS) is 18.5. The molecule has 2 aromatic carbocycles. The summed E-state index contributed by atoms with van der Waals surface area (Å²) in [6.45, 7) is 4.17. The number of rotatable bonds is 6. The standard InChI is InChI=1S/C25H32ClN3O3S/c1-3-23(20-9-8-18-6-4-5-7-19(18)16-20)27-25(30)21-10-11-22(26)24(17-21)33(31,32)29-14-12-28(2)13-15-29/h8-11,16-17,23H,3-7,12-15H2,1-2H3,(H,27,30)/t23-/m0/s1. The van der Waals surface area contributed by atoms with Crippen molar-refractivity contribution in [2.45, 2.75) is 50.0 Å². The second-order valence-electron chi connectivity index (χ2n) is 9.02. The number of carbonyl (C=O) groups is 1. The van der Waals surface area contributed by atoms with Crippen LogP contribution in [0.5, 0.6) is 0 Å². The lowest BCUT2D eigenvalue weighted by molar-refractivity contribution is 0.0935. The van der Waals surface area contributed by atoms with Gasteiger partial charge >= 0.3 is 0 Å². The van der Waals surface area contributed by atoms with Crippen molar-refractivity contribution in [1.82, 2.24) is 14.5 Å². The van der Waals surface area contributed by atoms with Crippen molar-refractivity contribution in [3.8, 4) is 0 Å². The minimum atomic E-state index is -3.77. The number of halogens is 1. The van der Waals surface area contributed by atoms with Gasteiger partial charge in [0.2, 0.25) is 10.0 Å². The highest BCUT2D eigenvalue weighted by Gasteiger charge is 2.30. The van der Waals surface area contributed by atoms with E-state index in [1.807, 2.05) is 14.0 Å². The van der Waals surface area contributed by atoms with Gasteiger partial charge in [-0.15, -0.1) is 0 Å². The third-order valence-electron chi connectivity index (χ3n) is 6.76. The van der Waals surface area contributed by atoms with E-state index in [2.05, 4.69) is 28.4 Å². The number of nitrogens with one attached hydrogen (secondary N) is 1. The van der Waals surface area contributed by atoms with Crippen molar-refractivity contribution in [3.63, 3.8) is 0 Å². The summed E-state index contributed by atoms with van der Waals surface area (Å²) in [4.78, 5) is 15.2. The lowest BCUT2D eigenvalue weighted by Crippen LogP contribution is -2.47. The number of sulfonamides is 1. The van der Waals surface area contributed by atoms with Gasteiger partial charge < -0.3 is 10.2 Å². The molecule has 178 valence electrons. The zero-order chi connectivity index (χ0) is 23.6. The molecule has 1 atom stereocenters. The maximum atomic E-state index is 13.2. The van der Waals surface area contributed by atoms with Crippen molar-refractivity contribution in [3.05, 3.63) is 63.7 Å². The van der Waals surface area contributed by atoms with E-state index in [4.69, 9.17) is 11.6 Å². The molecule has 8 heteroatoms. The predicted octanol–water partition coefficient (Wildman–Crippen LogP) is 4.04. The first-order valence-corrected chi connectivity index (χ1v) is 13.5. The van der Waals surface area contributed by atoms with Crippen molar-refractivity contribution in [2.24, 2.45) is 0 Å². The molecule has 1 amide bonds. The van der Waals surface area contributed by atoms with Gasteiger partial charge in [-0.05, 0) is 74.0 Å². The van der Waals surface area contributed by atoms with E-state index in [9.17, 15) is 13.2 Å². The number of piperazine rings is 1. The molecule has 2 aliphatic rings. The second-order valence-corrected chi connectivity index (χ2v) is 11.3. The van der Waals surface area contributed by atoms with Crippen LogP contribution in [0.4, 0.5) is 0 Å². The van der Waals surface area contributed by atoms with Crippen LogP contribution in [-0.2, 0) is 22.9 Å². The maximum absolute atomic E-state index is 13.2. The van der Waals surface area contributed by atoms with E-state index in [1.54, 1.807) is 6.07 Å². The molecule has 33 heavy (non-hydrogen) atoms. The molecule has 1 aliphatic carbocycles. The third-order valence-corrected chi connectivity index (χ3v) is 9.14. The smallest absolute Gasteiger partial charge is 0.251 e. The average Bonchev–Trinajstić information content (AvgIpc) is 2.82. The number of likely N-dealkylation sites (N-methyl/N-ethyl adjacent to an activating group) is 1. The van der Waals surface area contributed by atoms with Crippen LogP contribution >= 0.6 is 11.6 Å². The van der Waals surface area contributed by atoms with Gasteiger partial charge in [-0.1, -0.05) is 36.7 Å². The summed E-state index contributed by atoms with van der Waals surface area (Å²) in [5.41, 5.74) is 4.16. The summed E-state index contributed by atoms with van der Waals surface area (Å²) in [5.74, 6) is -0.300. The highest BCUT2D eigenvalue weighted by Crippen LogP contribution is 2.28. The van der Waals surface area contributed by atoms with E-state index in [0.717, 1.165) is 24.8 Å². The minimum absolute atomic E-state index is 0.0109. The molecule has 1 aliphatic heterocycles. The second kappa shape index (κ2) is 10.1. The van der Waals surface area contributed by atoms with Gasteiger partial charge in [0.15, 0.2) is 0 Å². The highest BCUT2D eigenvalue weighted by atomic mass is 35.5. The summed E-state index contributed by atoms with van der Waals surface area (Å²) >= 11 is 6.28. The average molecular weight is 490 g/mol. The molecule has 4 rings (SSSR count). The minimum Gasteiger partial charge on any atom is -0.345 e. The van der Waals surface area contributed by atoms with Crippen LogP contribution in [0.25, 0.3) is 0 Å². The number of benzene rings is 2. The summed E-state index contributed by atoms with van der Waals surface area (Å²) in [6.07, 6.45) is 5.38. The van der Waals surface area contributed by atoms with E-state index >= 15 is 0 Å². The van der Waals surface area contributed by atoms with Crippen LogP contribution in [0.3, 0.4) is 0 Å². The fraction of sp³-hybridized carbons (Fsp3) is 0.480. The zero-order valence-corrected chi connectivity index (χ0v) is 20.9. The topological polar surface area (TPSA) is 69.7 Å². The molecule has 0 aromatic heterocycles. The number of hydrogen-bond acceptors (Lipinski definition) is 4. The van der Waals surface area contributed by atoms with E-state index in [-0.39, 0.29) is 21.9 Å². The van der Waals surface area contributed by atoms with Gasteiger partial charge in [-0.25, -0.2) is 8.42 Å². The van der Waals surface area contributed by atoms with Gasteiger partial charge in [0.25, 0.3) is 5.91 Å². The third kappa shape index (κ3) is 5.27. The van der Waals surface area contributed by atoms with E-state index < -0.39 is 10.0 Å². The molecule has 1 fully saturated rings. The number of nitrogens with zero attached hydrogens (tertiary/aromatic N) is 2. The maximum Gasteiger partial charge on any atom is 0.251 e. The monoisotopic (exact) mass is 489 g/mol. The van der Waals surface area contributed by atoms with Crippen LogP contribution in [0.15, 0.2) is 41.3 Å². The molecule has 0 bridgehead atoms. The van der Waals surface area contributed by atoms with Gasteiger partial charge in [-0.3, -0.25) is 4.79 Å². The molecular formula is C25H32ClN3O3S. The van der Waals surface area contributed by atoms with E-state index in [1.165, 1.54) is 40.4 Å². The Kier molecular flexibility index (Phi) is 7.43. The fourth-order valence-electron chi connectivity index (χ4n) is 4.64. The van der Waals surface area contributed by atoms with Crippen molar-refractivity contribution >= 4 is 27.5 Å². The Morgan fingerprint density at radius 3 is 2.42 bits per heavy atom. The Morgan fingerprint density at radius 1 is 1.03 bits per heavy atom. The molecule has 0 radical (unpaired) electrons. The molecule has 6 nitrogen and oxygen atoms in total. The van der Waals surface area contributed by atoms with Crippen molar-refractivity contribution in [2.75, 3.05) is 33.2 Å². The molecular weight excluding hydrogens is 458 g/mol. The van der Waals surface area contributed by atoms with Crippen molar-refractivity contribution < 1.29 is 13.2 Å². The molecule has 0 unspecified atom stereocenters. The van der Waals surface area contributed by atoms with Gasteiger partial charge in [0.05, 0.1) is 11.1 Å². The number of carbonyl (C=O) groups excluding carboxylic acids is 1. The molecule has 2 aromatic rings. The largest absolute Gasteiger partial charge is 0.345 e. The molecule has 0 spiro atoms. The van der Waals surface area contributed by atoms with Gasteiger partial charge in [-0.2, -0.15) is 4.31 Å². The Hall–Kier alpha value is -1.93. The van der Waals surface area contributed by atoms with E-state index in [0.29, 0.717) is 31.7 Å². The van der Waals surface area contributed by atoms with Gasteiger partial charge in [0, 0.05) is 31.7 Å². The fourth-order valence-corrected chi connectivity index (χ4v) is 6.57. The first-order chi connectivity index (χ1) is 15.8. The molecule has 1 N–H and O–H groups in total. The van der Waals surface area contributed by atoms with Crippen LogP contribution in [0.2, 0.25) is 5.02 Å². The lowest BCUT2D eigenvalue weighted by Gasteiger charge is -2.31. The summed E-state index contributed by atoms with van der Waals surface area (Å²) in [5, 5.41) is 3.22.